The van der Waals surface area contributed by atoms with E-state index in [1.165, 1.54) is 19.2 Å². The third-order valence-corrected chi connectivity index (χ3v) is 5.51. The van der Waals surface area contributed by atoms with E-state index in [0.29, 0.717) is 5.75 Å². The second-order valence-electron chi connectivity index (χ2n) is 4.98. The molecule has 0 unspecified atom stereocenters. The molecule has 0 N–H and O–H groups in total. The zero-order valence-corrected chi connectivity index (χ0v) is 14.5. The zero-order chi connectivity index (χ0) is 17.9. The molecule has 0 atom stereocenters. The summed E-state index contributed by atoms with van der Waals surface area (Å²) >= 11 is 5.72. The number of hydrogen-bond donors (Lipinski definition) is 0. The number of sulfonamides is 1. The summed E-state index contributed by atoms with van der Waals surface area (Å²) in [5.41, 5.74) is 0.306. The molecule has 9 heteroatoms. The van der Waals surface area contributed by atoms with Gasteiger partial charge in [0.15, 0.2) is 0 Å². The van der Waals surface area contributed by atoms with Crippen LogP contribution < -0.4 is 4.74 Å². The van der Waals surface area contributed by atoms with Crippen molar-refractivity contribution in [3.05, 3.63) is 63.2 Å². The Morgan fingerprint density at radius 2 is 1.83 bits per heavy atom. The van der Waals surface area contributed by atoms with Crippen molar-refractivity contribution in [2.75, 3.05) is 14.2 Å². The number of nitro groups is 1. The van der Waals surface area contributed by atoms with Crippen molar-refractivity contribution in [1.29, 1.82) is 0 Å². The summed E-state index contributed by atoms with van der Waals surface area (Å²) in [4.78, 5) is 10.0. The van der Waals surface area contributed by atoms with Gasteiger partial charge in [-0.2, -0.15) is 4.31 Å². The molecule has 0 heterocycles. The Morgan fingerprint density at radius 1 is 1.21 bits per heavy atom. The number of halogens is 1. The molecule has 24 heavy (non-hydrogen) atoms. The summed E-state index contributed by atoms with van der Waals surface area (Å²) in [5.74, 6) is 0.664. The molecule has 0 saturated heterocycles. The smallest absolute Gasteiger partial charge is 0.289 e. The van der Waals surface area contributed by atoms with Gasteiger partial charge in [0.1, 0.15) is 10.8 Å². The summed E-state index contributed by atoms with van der Waals surface area (Å²) < 4.78 is 31.3. The molecule has 0 radical (unpaired) electrons. The number of nitrogens with zero attached hydrogens (tertiary/aromatic N) is 2. The van der Waals surface area contributed by atoms with Crippen LogP contribution in [0, 0.1) is 10.1 Å². The largest absolute Gasteiger partial charge is 0.497 e. The topological polar surface area (TPSA) is 89.8 Å². The highest BCUT2D eigenvalue weighted by Crippen LogP contribution is 2.28. The molecule has 0 bridgehead atoms. The minimum atomic E-state index is -3.89. The number of nitro benzene ring substituents is 1. The van der Waals surface area contributed by atoms with Gasteiger partial charge >= 0.3 is 0 Å². The summed E-state index contributed by atoms with van der Waals surface area (Å²) in [7, 11) is -0.943. The van der Waals surface area contributed by atoms with Crippen LogP contribution in [0.25, 0.3) is 0 Å². The molecule has 2 rings (SSSR count). The van der Waals surface area contributed by atoms with Crippen LogP contribution in [-0.2, 0) is 16.6 Å². The maximum atomic E-state index is 12.6. The number of methoxy groups -OCH3 is 1. The van der Waals surface area contributed by atoms with Gasteiger partial charge in [0.05, 0.1) is 16.9 Å². The average molecular weight is 371 g/mol. The van der Waals surface area contributed by atoms with Crippen LogP contribution in [0.4, 0.5) is 5.69 Å². The zero-order valence-electron chi connectivity index (χ0n) is 13.0. The molecule has 0 aliphatic heterocycles. The van der Waals surface area contributed by atoms with Crippen molar-refractivity contribution in [2.45, 2.75) is 11.4 Å². The first-order chi connectivity index (χ1) is 11.3. The SMILES string of the molecule is COc1ccc(CN(C)S(=O)(=O)c2ccc(Cl)c([N+](=O)[O-])c2)cc1. The third-order valence-electron chi connectivity index (χ3n) is 3.39. The van der Waals surface area contributed by atoms with Crippen LogP contribution in [0.2, 0.25) is 5.02 Å². The molecular formula is C15H15ClN2O5S. The van der Waals surface area contributed by atoms with Gasteiger partial charge in [-0.05, 0) is 29.8 Å². The number of rotatable bonds is 6. The summed E-state index contributed by atoms with van der Waals surface area (Å²) in [5, 5.41) is 10.8. The highest BCUT2D eigenvalue weighted by Gasteiger charge is 2.24. The molecule has 128 valence electrons. The lowest BCUT2D eigenvalue weighted by atomic mass is 10.2. The Balaban J connectivity index is 2.28. The molecule has 0 saturated carbocycles. The van der Waals surface area contributed by atoms with Crippen molar-refractivity contribution < 1.29 is 18.1 Å². The number of hydrogen-bond acceptors (Lipinski definition) is 5. The number of benzene rings is 2. The monoisotopic (exact) mass is 370 g/mol. The van der Waals surface area contributed by atoms with Crippen LogP contribution >= 0.6 is 11.6 Å². The average Bonchev–Trinajstić information content (AvgIpc) is 2.55. The van der Waals surface area contributed by atoms with E-state index in [2.05, 4.69) is 0 Å². The van der Waals surface area contributed by atoms with E-state index in [9.17, 15) is 18.5 Å². The quantitative estimate of drug-likeness (QED) is 0.575. The lowest BCUT2D eigenvalue weighted by Gasteiger charge is -2.17. The fourth-order valence-electron chi connectivity index (χ4n) is 2.05. The minimum Gasteiger partial charge on any atom is -0.497 e. The van der Waals surface area contributed by atoms with Gasteiger partial charge in [0.25, 0.3) is 5.69 Å². The first-order valence-electron chi connectivity index (χ1n) is 6.79. The predicted octanol–water partition coefficient (Wildman–Crippen LogP) is 3.08. The molecule has 2 aromatic carbocycles. The summed E-state index contributed by atoms with van der Waals surface area (Å²) in [6, 6.07) is 10.3. The second-order valence-corrected chi connectivity index (χ2v) is 7.43. The normalized spacial score (nSPS) is 11.5. The molecule has 0 aliphatic rings. The van der Waals surface area contributed by atoms with E-state index in [-0.39, 0.29) is 16.5 Å². The maximum absolute atomic E-state index is 12.6. The molecule has 0 amide bonds. The van der Waals surface area contributed by atoms with E-state index in [0.717, 1.165) is 15.9 Å². The fourth-order valence-corrected chi connectivity index (χ4v) is 3.41. The minimum absolute atomic E-state index is 0.114. The van der Waals surface area contributed by atoms with Gasteiger partial charge in [0.2, 0.25) is 10.0 Å². The standard InChI is InChI=1S/C15H15ClN2O5S/c1-17(10-11-3-5-12(23-2)6-4-11)24(21,22)13-7-8-14(16)15(9-13)18(19)20/h3-9H,10H2,1-2H3. The van der Waals surface area contributed by atoms with Crippen molar-refractivity contribution >= 4 is 27.3 Å². The van der Waals surface area contributed by atoms with Crippen LogP contribution in [0.5, 0.6) is 5.75 Å². The number of ether oxygens (including phenoxy) is 1. The van der Waals surface area contributed by atoms with Gasteiger partial charge in [-0.1, -0.05) is 23.7 Å². The first-order valence-corrected chi connectivity index (χ1v) is 8.60. The Labute approximate surface area is 144 Å². The summed E-state index contributed by atoms with van der Waals surface area (Å²) in [6.45, 7) is 0.114. The van der Waals surface area contributed by atoms with Crippen molar-refractivity contribution in [3.63, 3.8) is 0 Å². The van der Waals surface area contributed by atoms with Crippen LogP contribution in [0.1, 0.15) is 5.56 Å². The van der Waals surface area contributed by atoms with Gasteiger partial charge in [-0.25, -0.2) is 8.42 Å². The maximum Gasteiger partial charge on any atom is 0.289 e. The first kappa shape index (κ1) is 18.2. The Bertz CT molecular complexity index is 853. The molecule has 0 fully saturated rings. The lowest BCUT2D eigenvalue weighted by Crippen LogP contribution is -2.26. The Hall–Kier alpha value is -2.16. The van der Waals surface area contributed by atoms with Gasteiger partial charge in [0, 0.05) is 19.7 Å². The molecule has 7 nitrogen and oxygen atoms in total. The van der Waals surface area contributed by atoms with Crippen molar-refractivity contribution in [2.24, 2.45) is 0 Å². The molecule has 0 aliphatic carbocycles. The van der Waals surface area contributed by atoms with E-state index in [1.807, 2.05) is 0 Å². The van der Waals surface area contributed by atoms with E-state index in [4.69, 9.17) is 16.3 Å². The summed E-state index contributed by atoms with van der Waals surface area (Å²) in [6.07, 6.45) is 0. The highest BCUT2D eigenvalue weighted by atomic mass is 35.5. The predicted molar refractivity (Wildman–Crippen MR) is 89.8 cm³/mol. The van der Waals surface area contributed by atoms with Crippen LogP contribution in [0.15, 0.2) is 47.4 Å². The highest BCUT2D eigenvalue weighted by molar-refractivity contribution is 7.89. The van der Waals surface area contributed by atoms with E-state index in [1.54, 1.807) is 31.4 Å². The molecule has 0 aromatic heterocycles. The van der Waals surface area contributed by atoms with Crippen molar-refractivity contribution in [3.8, 4) is 5.75 Å². The fraction of sp³-hybridized carbons (Fsp3) is 0.200. The third kappa shape index (κ3) is 3.84. The molecule has 0 spiro atoms. The Morgan fingerprint density at radius 3 is 2.38 bits per heavy atom. The second kappa shape index (κ2) is 7.16. The molecule has 2 aromatic rings. The van der Waals surface area contributed by atoms with E-state index < -0.39 is 20.6 Å². The van der Waals surface area contributed by atoms with Gasteiger partial charge < -0.3 is 4.74 Å². The lowest BCUT2D eigenvalue weighted by molar-refractivity contribution is -0.384. The van der Waals surface area contributed by atoms with Crippen LogP contribution in [0.3, 0.4) is 0 Å². The molecular weight excluding hydrogens is 356 g/mol. The van der Waals surface area contributed by atoms with Crippen LogP contribution in [-0.4, -0.2) is 31.8 Å². The van der Waals surface area contributed by atoms with Gasteiger partial charge in [-0.3, -0.25) is 10.1 Å². The van der Waals surface area contributed by atoms with Gasteiger partial charge in [-0.15, -0.1) is 0 Å². The van der Waals surface area contributed by atoms with E-state index >= 15 is 0 Å². The van der Waals surface area contributed by atoms with Crippen molar-refractivity contribution in [1.82, 2.24) is 4.31 Å². The Kier molecular flexibility index (Phi) is 5.43.